The Kier molecular flexibility index (Phi) is 8.22. The lowest BCUT2D eigenvalue weighted by molar-refractivity contribution is -0.121. The van der Waals surface area contributed by atoms with Gasteiger partial charge in [0.2, 0.25) is 11.8 Å². The van der Waals surface area contributed by atoms with Gasteiger partial charge in [-0.3, -0.25) is 9.59 Å². The first-order chi connectivity index (χ1) is 10.9. The van der Waals surface area contributed by atoms with Crippen molar-refractivity contribution in [3.05, 3.63) is 24.3 Å². The molecule has 1 fully saturated rings. The standard InChI is InChI=1S/C18H27N3O2.ClH/c1-12(2)10-17(22)20-15-6-8-16(9-7-15)21-18(23)13-4-3-5-14(19)11-13;/h6-9,12-14H,3-5,10-11,19H2,1-2H3,(H,20,22)(H,21,23);1H. The average molecular weight is 354 g/mol. The molecule has 4 N–H and O–H groups in total. The number of amides is 2. The largest absolute Gasteiger partial charge is 0.328 e. The van der Waals surface area contributed by atoms with Gasteiger partial charge < -0.3 is 16.4 Å². The number of carbonyl (C=O) groups excluding carboxylic acids is 2. The molecule has 2 rings (SSSR count). The summed E-state index contributed by atoms with van der Waals surface area (Å²) in [5.41, 5.74) is 7.43. The van der Waals surface area contributed by atoms with Crippen molar-refractivity contribution in [1.82, 2.24) is 0 Å². The lowest BCUT2D eigenvalue weighted by Crippen LogP contribution is -2.34. The van der Waals surface area contributed by atoms with E-state index >= 15 is 0 Å². The summed E-state index contributed by atoms with van der Waals surface area (Å²) in [5.74, 6) is 0.379. The number of anilines is 2. The lowest BCUT2D eigenvalue weighted by atomic mass is 9.85. The Morgan fingerprint density at radius 3 is 2.25 bits per heavy atom. The summed E-state index contributed by atoms with van der Waals surface area (Å²) in [5, 5.41) is 5.79. The number of hydrogen-bond donors (Lipinski definition) is 3. The number of nitrogens with two attached hydrogens (primary N) is 1. The highest BCUT2D eigenvalue weighted by Crippen LogP contribution is 2.25. The molecule has 2 atom stereocenters. The molecule has 6 heteroatoms. The fraction of sp³-hybridized carbons (Fsp3) is 0.556. The molecule has 0 saturated heterocycles. The van der Waals surface area contributed by atoms with E-state index in [2.05, 4.69) is 10.6 Å². The molecule has 0 bridgehead atoms. The molecule has 1 aliphatic rings. The number of benzene rings is 1. The third kappa shape index (κ3) is 6.49. The molecule has 0 aromatic heterocycles. The quantitative estimate of drug-likeness (QED) is 0.756. The Hall–Kier alpha value is -1.59. The highest BCUT2D eigenvalue weighted by atomic mass is 35.5. The number of rotatable bonds is 5. The maximum absolute atomic E-state index is 12.3. The van der Waals surface area contributed by atoms with E-state index in [1.807, 2.05) is 26.0 Å². The Morgan fingerprint density at radius 2 is 1.71 bits per heavy atom. The van der Waals surface area contributed by atoms with Gasteiger partial charge in [0.1, 0.15) is 0 Å². The van der Waals surface area contributed by atoms with Crippen LogP contribution in [0.3, 0.4) is 0 Å². The second-order valence-electron chi connectivity index (χ2n) is 6.84. The Labute approximate surface area is 150 Å². The van der Waals surface area contributed by atoms with Crippen LogP contribution in [0.5, 0.6) is 0 Å². The molecule has 134 valence electrons. The fourth-order valence-electron chi connectivity index (χ4n) is 2.93. The third-order valence-electron chi connectivity index (χ3n) is 4.12. The van der Waals surface area contributed by atoms with E-state index in [1.54, 1.807) is 12.1 Å². The van der Waals surface area contributed by atoms with Gasteiger partial charge in [-0.2, -0.15) is 0 Å². The van der Waals surface area contributed by atoms with Gasteiger partial charge in [-0.1, -0.05) is 20.3 Å². The van der Waals surface area contributed by atoms with E-state index in [0.717, 1.165) is 37.1 Å². The van der Waals surface area contributed by atoms with Crippen molar-refractivity contribution in [3.8, 4) is 0 Å². The van der Waals surface area contributed by atoms with Crippen molar-refractivity contribution < 1.29 is 9.59 Å². The topological polar surface area (TPSA) is 84.2 Å². The molecule has 5 nitrogen and oxygen atoms in total. The lowest BCUT2D eigenvalue weighted by Gasteiger charge is -2.25. The summed E-state index contributed by atoms with van der Waals surface area (Å²) in [4.78, 5) is 24.0. The van der Waals surface area contributed by atoms with Crippen molar-refractivity contribution in [2.75, 3.05) is 10.6 Å². The summed E-state index contributed by atoms with van der Waals surface area (Å²) in [6, 6.07) is 7.37. The first kappa shape index (κ1) is 20.5. The molecule has 0 spiro atoms. The average Bonchev–Trinajstić information content (AvgIpc) is 2.48. The third-order valence-corrected chi connectivity index (χ3v) is 4.12. The van der Waals surface area contributed by atoms with Crippen molar-refractivity contribution >= 4 is 35.6 Å². The smallest absolute Gasteiger partial charge is 0.227 e. The van der Waals surface area contributed by atoms with Crippen LogP contribution < -0.4 is 16.4 Å². The summed E-state index contributed by atoms with van der Waals surface area (Å²) in [6.07, 6.45) is 4.19. The van der Waals surface area contributed by atoms with Crippen LogP contribution in [0.1, 0.15) is 46.0 Å². The maximum atomic E-state index is 12.3. The highest BCUT2D eigenvalue weighted by molar-refractivity contribution is 5.94. The minimum atomic E-state index is 0. The highest BCUT2D eigenvalue weighted by Gasteiger charge is 2.25. The van der Waals surface area contributed by atoms with Crippen LogP contribution in [0.4, 0.5) is 11.4 Å². The predicted molar refractivity (Wildman–Crippen MR) is 100 cm³/mol. The van der Waals surface area contributed by atoms with Crippen molar-refractivity contribution in [2.45, 2.75) is 52.0 Å². The number of carbonyl (C=O) groups is 2. The van der Waals surface area contributed by atoms with E-state index in [9.17, 15) is 9.59 Å². The van der Waals surface area contributed by atoms with E-state index in [0.29, 0.717) is 12.3 Å². The molecular formula is C18H28ClN3O2. The van der Waals surface area contributed by atoms with Crippen molar-refractivity contribution in [3.63, 3.8) is 0 Å². The van der Waals surface area contributed by atoms with Gasteiger partial charge >= 0.3 is 0 Å². The van der Waals surface area contributed by atoms with E-state index in [4.69, 9.17) is 5.73 Å². The van der Waals surface area contributed by atoms with Gasteiger partial charge in [0, 0.05) is 29.8 Å². The molecule has 2 amide bonds. The van der Waals surface area contributed by atoms with Gasteiger partial charge in [0.25, 0.3) is 0 Å². The summed E-state index contributed by atoms with van der Waals surface area (Å²) in [6.45, 7) is 4.02. The second kappa shape index (κ2) is 9.64. The molecule has 1 aromatic rings. The van der Waals surface area contributed by atoms with Crippen LogP contribution in [0, 0.1) is 11.8 Å². The SMILES string of the molecule is CC(C)CC(=O)Nc1ccc(NC(=O)C2CCCC(N)C2)cc1.Cl. The van der Waals surface area contributed by atoms with Crippen LogP contribution in [0.2, 0.25) is 0 Å². The molecule has 0 heterocycles. The first-order valence-corrected chi connectivity index (χ1v) is 8.40. The minimum absolute atomic E-state index is 0. The summed E-state index contributed by atoms with van der Waals surface area (Å²) < 4.78 is 0. The number of halogens is 1. The zero-order chi connectivity index (χ0) is 16.8. The van der Waals surface area contributed by atoms with E-state index in [1.165, 1.54) is 0 Å². The molecule has 24 heavy (non-hydrogen) atoms. The van der Waals surface area contributed by atoms with Crippen LogP contribution in [-0.4, -0.2) is 17.9 Å². The van der Waals surface area contributed by atoms with Crippen molar-refractivity contribution in [1.29, 1.82) is 0 Å². The predicted octanol–water partition coefficient (Wildman–Crippen LogP) is 3.55. The van der Waals surface area contributed by atoms with Crippen LogP contribution in [-0.2, 0) is 9.59 Å². The van der Waals surface area contributed by atoms with Crippen LogP contribution in [0.15, 0.2) is 24.3 Å². The number of nitrogens with one attached hydrogen (secondary N) is 2. The van der Waals surface area contributed by atoms with Crippen molar-refractivity contribution in [2.24, 2.45) is 17.6 Å². The number of hydrogen-bond acceptors (Lipinski definition) is 3. The maximum Gasteiger partial charge on any atom is 0.227 e. The second-order valence-corrected chi connectivity index (χ2v) is 6.84. The molecule has 0 radical (unpaired) electrons. The molecular weight excluding hydrogens is 326 g/mol. The monoisotopic (exact) mass is 353 g/mol. The van der Waals surface area contributed by atoms with E-state index in [-0.39, 0.29) is 36.2 Å². The van der Waals surface area contributed by atoms with Gasteiger partial charge in [0.05, 0.1) is 0 Å². The van der Waals surface area contributed by atoms with Gasteiger partial charge in [-0.05, 0) is 49.4 Å². The Bertz CT molecular complexity index is 546. The Morgan fingerprint density at radius 1 is 1.12 bits per heavy atom. The van der Waals surface area contributed by atoms with Crippen LogP contribution in [0.25, 0.3) is 0 Å². The molecule has 1 aliphatic carbocycles. The molecule has 1 saturated carbocycles. The fourth-order valence-corrected chi connectivity index (χ4v) is 2.93. The molecule has 2 unspecified atom stereocenters. The zero-order valence-corrected chi connectivity index (χ0v) is 15.2. The van der Waals surface area contributed by atoms with Gasteiger partial charge in [-0.25, -0.2) is 0 Å². The summed E-state index contributed by atoms with van der Waals surface area (Å²) >= 11 is 0. The Balaban J connectivity index is 0.00000288. The molecule has 0 aliphatic heterocycles. The molecule has 1 aromatic carbocycles. The van der Waals surface area contributed by atoms with E-state index < -0.39 is 0 Å². The minimum Gasteiger partial charge on any atom is -0.328 e. The normalized spacial score (nSPS) is 20.2. The van der Waals surface area contributed by atoms with Gasteiger partial charge in [0.15, 0.2) is 0 Å². The van der Waals surface area contributed by atoms with Crippen LogP contribution >= 0.6 is 12.4 Å². The summed E-state index contributed by atoms with van der Waals surface area (Å²) in [7, 11) is 0. The first-order valence-electron chi connectivity index (χ1n) is 8.40. The zero-order valence-electron chi connectivity index (χ0n) is 14.4. The van der Waals surface area contributed by atoms with Gasteiger partial charge in [-0.15, -0.1) is 12.4 Å².